The lowest BCUT2D eigenvalue weighted by Gasteiger charge is -2.12. The Kier molecular flexibility index (Phi) is 5.18. The highest BCUT2D eigenvalue weighted by Gasteiger charge is 2.20. The molecule has 4 rings (SSSR count). The molecule has 0 radical (unpaired) electrons. The first-order valence-corrected chi connectivity index (χ1v) is 9.47. The van der Waals surface area contributed by atoms with Crippen LogP contribution in [0.5, 0.6) is 0 Å². The Morgan fingerprint density at radius 1 is 1.14 bits per heavy atom. The predicted molar refractivity (Wildman–Crippen MR) is 115 cm³/mol. The lowest BCUT2D eigenvalue weighted by Crippen LogP contribution is -2.27. The number of hydrogen-bond donors (Lipinski definition) is 2. The number of nitrogens with zero attached hydrogens (tertiary/aromatic N) is 3. The molecule has 2 N–H and O–H groups in total. The van der Waals surface area contributed by atoms with Crippen molar-refractivity contribution in [3.05, 3.63) is 88.6 Å². The molecule has 0 aliphatic rings. The van der Waals surface area contributed by atoms with Gasteiger partial charge in [0.05, 0.1) is 29.6 Å². The summed E-state index contributed by atoms with van der Waals surface area (Å²) in [6.45, 7) is 8.57. The summed E-state index contributed by atoms with van der Waals surface area (Å²) in [7, 11) is 0. The molecule has 0 atom stereocenters. The van der Waals surface area contributed by atoms with Gasteiger partial charge in [-0.1, -0.05) is 60.7 Å². The lowest BCUT2D eigenvalue weighted by molar-refractivity contribution is 0.0952. The maximum atomic E-state index is 12.4. The van der Waals surface area contributed by atoms with Crippen LogP contribution in [-0.2, 0) is 6.54 Å². The smallest absolute Gasteiger partial charge is 0.251 e. The normalized spacial score (nSPS) is 10.6. The molecule has 2 heterocycles. The van der Waals surface area contributed by atoms with E-state index in [2.05, 4.69) is 20.1 Å². The van der Waals surface area contributed by atoms with Crippen LogP contribution in [0.1, 0.15) is 10.4 Å². The molecule has 7 heteroatoms. The van der Waals surface area contributed by atoms with Crippen molar-refractivity contribution >= 4 is 34.8 Å². The molecule has 0 bridgehead atoms. The molecule has 0 spiro atoms. The van der Waals surface area contributed by atoms with E-state index in [1.54, 1.807) is 12.1 Å². The van der Waals surface area contributed by atoms with Gasteiger partial charge in [-0.05, 0) is 17.7 Å². The summed E-state index contributed by atoms with van der Waals surface area (Å²) in [4.78, 5) is 23.4. The van der Waals surface area contributed by atoms with Gasteiger partial charge in [-0.15, -0.1) is 0 Å². The summed E-state index contributed by atoms with van der Waals surface area (Å²) in [5.41, 5.74) is 4.13. The summed E-state index contributed by atoms with van der Waals surface area (Å²) in [5.74, 6) is -0.142. The van der Waals surface area contributed by atoms with Crippen LogP contribution in [0.25, 0.3) is 27.1 Å². The Balaban J connectivity index is 1.74. The highest BCUT2D eigenvalue weighted by Crippen LogP contribution is 2.39. The maximum absolute atomic E-state index is 12.4. The molecule has 0 saturated carbocycles. The first kappa shape index (κ1) is 18.6. The third-order valence-corrected chi connectivity index (χ3v) is 4.95. The van der Waals surface area contributed by atoms with Gasteiger partial charge >= 0.3 is 0 Å². The molecular formula is C22H17N5OS. The fourth-order valence-corrected chi connectivity index (χ4v) is 3.64. The average molecular weight is 399 g/mol. The van der Waals surface area contributed by atoms with Crippen molar-refractivity contribution in [2.45, 2.75) is 6.54 Å². The Labute approximate surface area is 172 Å². The molecule has 0 saturated heterocycles. The maximum Gasteiger partial charge on any atom is 0.251 e. The topological polar surface area (TPSA) is 67.1 Å². The molecule has 0 aliphatic carbocycles. The number of nitrogens with one attached hydrogen (secondary N) is 2. The van der Waals surface area contributed by atoms with Crippen molar-refractivity contribution < 1.29 is 4.79 Å². The van der Waals surface area contributed by atoms with Crippen LogP contribution in [0.2, 0.25) is 0 Å². The third-order valence-electron chi connectivity index (χ3n) is 4.65. The highest BCUT2D eigenvalue weighted by atomic mass is 32.1. The van der Waals surface area contributed by atoms with E-state index < -0.39 is 0 Å². The minimum atomic E-state index is -0.142. The van der Waals surface area contributed by atoms with E-state index in [9.17, 15) is 4.79 Å². The molecule has 2 aromatic heterocycles. The van der Waals surface area contributed by atoms with Crippen molar-refractivity contribution in [2.24, 2.45) is 0 Å². The molecule has 142 valence electrons. The molecule has 6 nitrogen and oxygen atoms in total. The number of hydrogen-bond acceptors (Lipinski definition) is 3. The lowest BCUT2D eigenvalue weighted by atomic mass is 10.1. The number of benzene rings is 2. The van der Waals surface area contributed by atoms with Gasteiger partial charge in [-0.2, -0.15) is 0 Å². The van der Waals surface area contributed by atoms with Crippen LogP contribution in [0.4, 0.5) is 5.69 Å². The Morgan fingerprint density at radius 3 is 2.52 bits per heavy atom. The van der Waals surface area contributed by atoms with E-state index in [0.29, 0.717) is 40.0 Å². The van der Waals surface area contributed by atoms with Crippen LogP contribution in [-0.4, -0.2) is 27.0 Å². The number of H-pyrrole nitrogens is 1. The first-order valence-electron chi connectivity index (χ1n) is 9.06. The number of carbonyl (C=O) groups is 1. The molecule has 2 aromatic carbocycles. The van der Waals surface area contributed by atoms with Gasteiger partial charge < -0.3 is 14.9 Å². The van der Waals surface area contributed by atoms with E-state index >= 15 is 0 Å². The number of fused-ring (bicyclic) bond motifs is 1. The molecule has 1 amide bonds. The number of carbonyl (C=O) groups excluding carboxylic acids is 1. The minimum absolute atomic E-state index is 0.142. The van der Waals surface area contributed by atoms with Crippen LogP contribution in [0, 0.1) is 11.2 Å². The Hall–Kier alpha value is -3.76. The molecule has 0 unspecified atom stereocenters. The van der Waals surface area contributed by atoms with Crippen LogP contribution < -0.4 is 5.32 Å². The van der Waals surface area contributed by atoms with Crippen molar-refractivity contribution in [1.82, 2.24) is 19.9 Å². The van der Waals surface area contributed by atoms with Crippen molar-refractivity contribution in [2.75, 3.05) is 6.54 Å². The largest absolute Gasteiger partial charge is 0.354 e. The van der Waals surface area contributed by atoms with Gasteiger partial charge in [-0.25, -0.2) is 9.83 Å². The second kappa shape index (κ2) is 8.09. The Bertz CT molecular complexity index is 1270. The monoisotopic (exact) mass is 399 g/mol. The van der Waals surface area contributed by atoms with Gasteiger partial charge in [0.25, 0.3) is 5.91 Å². The first-order chi connectivity index (χ1) is 14.2. The van der Waals surface area contributed by atoms with Gasteiger partial charge in [0.15, 0.2) is 4.64 Å². The van der Waals surface area contributed by atoms with E-state index in [4.69, 9.17) is 18.8 Å². The number of aromatic nitrogens is 3. The SMILES string of the molecule is [C-]#[N+]c1c(-c2ccccc2)n(CCNC(=O)c2ccccc2)c2c(=S)nc[nH]c12. The van der Waals surface area contributed by atoms with Gasteiger partial charge in [-0.3, -0.25) is 4.79 Å². The van der Waals surface area contributed by atoms with Crippen LogP contribution >= 0.6 is 12.2 Å². The molecule has 4 aromatic rings. The zero-order chi connectivity index (χ0) is 20.2. The highest BCUT2D eigenvalue weighted by molar-refractivity contribution is 7.71. The zero-order valence-corrected chi connectivity index (χ0v) is 16.2. The van der Waals surface area contributed by atoms with Gasteiger partial charge in [0, 0.05) is 18.7 Å². The second-order valence-corrected chi connectivity index (χ2v) is 6.77. The molecule has 29 heavy (non-hydrogen) atoms. The summed E-state index contributed by atoms with van der Waals surface area (Å²) in [6, 6.07) is 18.8. The average Bonchev–Trinajstić information content (AvgIpc) is 3.09. The Morgan fingerprint density at radius 2 is 1.83 bits per heavy atom. The van der Waals surface area contributed by atoms with Crippen LogP contribution in [0.3, 0.4) is 0 Å². The standard InChI is InChI=1S/C22H17N5OS/c1-23-17-18-20(22(29)26-14-25-18)27(19(17)15-8-4-2-5-9-15)13-12-24-21(28)16-10-6-3-7-11-16/h2-11,14H,12-13H2,(H,24,28)(H,25,26,29). The minimum Gasteiger partial charge on any atom is -0.354 e. The third kappa shape index (κ3) is 3.53. The van der Waals surface area contributed by atoms with Gasteiger partial charge in [0.2, 0.25) is 5.69 Å². The van der Waals surface area contributed by atoms with E-state index in [1.165, 1.54) is 6.33 Å². The molecule has 0 aliphatic heterocycles. The van der Waals surface area contributed by atoms with Crippen molar-refractivity contribution in [3.63, 3.8) is 0 Å². The summed E-state index contributed by atoms with van der Waals surface area (Å²) in [6.07, 6.45) is 1.51. The second-order valence-electron chi connectivity index (χ2n) is 6.38. The number of aromatic amines is 1. The summed E-state index contributed by atoms with van der Waals surface area (Å²) < 4.78 is 2.38. The zero-order valence-electron chi connectivity index (χ0n) is 15.4. The molecule has 0 fully saturated rings. The van der Waals surface area contributed by atoms with Crippen LogP contribution in [0.15, 0.2) is 67.0 Å². The quantitative estimate of drug-likeness (QED) is 0.376. The number of amides is 1. The van der Waals surface area contributed by atoms with E-state index in [1.807, 2.05) is 53.1 Å². The summed E-state index contributed by atoms with van der Waals surface area (Å²) >= 11 is 5.45. The summed E-state index contributed by atoms with van der Waals surface area (Å²) in [5, 5.41) is 2.94. The van der Waals surface area contributed by atoms with Crippen molar-refractivity contribution in [3.8, 4) is 11.3 Å². The van der Waals surface area contributed by atoms with Crippen molar-refractivity contribution in [1.29, 1.82) is 0 Å². The van der Waals surface area contributed by atoms with Gasteiger partial charge in [0.1, 0.15) is 0 Å². The predicted octanol–water partition coefficient (Wildman–Crippen LogP) is 4.74. The molecular weight excluding hydrogens is 382 g/mol. The van der Waals surface area contributed by atoms with E-state index in [-0.39, 0.29) is 5.91 Å². The fraction of sp³-hybridized carbons (Fsp3) is 0.0909. The number of rotatable bonds is 5. The fourth-order valence-electron chi connectivity index (χ4n) is 3.37. The van der Waals surface area contributed by atoms with E-state index in [0.717, 1.165) is 11.3 Å².